The summed E-state index contributed by atoms with van der Waals surface area (Å²) in [6, 6.07) is 8.66. The number of hydrogen-bond donors (Lipinski definition) is 0. The highest BCUT2D eigenvalue weighted by Gasteiger charge is 2.19. The van der Waals surface area contributed by atoms with Gasteiger partial charge in [0.1, 0.15) is 0 Å². The molecule has 130 valence electrons. The lowest BCUT2D eigenvalue weighted by atomic mass is 10.1. The Kier molecular flexibility index (Phi) is 5.99. The van der Waals surface area contributed by atoms with Gasteiger partial charge in [0.2, 0.25) is 5.89 Å². The molecule has 2 aromatic rings. The van der Waals surface area contributed by atoms with Gasteiger partial charge in [0.05, 0.1) is 6.54 Å². The van der Waals surface area contributed by atoms with Gasteiger partial charge in [-0.2, -0.15) is 4.98 Å². The first-order chi connectivity index (χ1) is 11.7. The van der Waals surface area contributed by atoms with Crippen molar-refractivity contribution >= 4 is 0 Å². The lowest BCUT2D eigenvalue weighted by Gasteiger charge is -2.34. The molecule has 24 heavy (non-hydrogen) atoms. The zero-order valence-corrected chi connectivity index (χ0v) is 14.9. The summed E-state index contributed by atoms with van der Waals surface area (Å²) >= 11 is 0. The second-order valence-corrected chi connectivity index (χ2v) is 6.69. The Bertz CT molecular complexity index is 632. The van der Waals surface area contributed by atoms with Crippen molar-refractivity contribution in [1.29, 1.82) is 0 Å². The van der Waals surface area contributed by atoms with E-state index < -0.39 is 0 Å². The largest absolute Gasteiger partial charge is 0.338 e. The van der Waals surface area contributed by atoms with Crippen LogP contribution in [0.25, 0.3) is 0 Å². The molecule has 0 N–H and O–H groups in total. The predicted octanol–water partition coefficient (Wildman–Crippen LogP) is 3.04. The number of aryl methyl sites for hydroxylation is 2. The molecule has 1 aromatic heterocycles. The van der Waals surface area contributed by atoms with E-state index in [1.165, 1.54) is 11.1 Å². The maximum Gasteiger partial charge on any atom is 0.240 e. The number of aromatic nitrogens is 2. The highest BCUT2D eigenvalue weighted by atomic mass is 16.5. The number of rotatable bonds is 7. The molecule has 1 aromatic carbocycles. The van der Waals surface area contributed by atoms with Gasteiger partial charge < -0.3 is 4.52 Å². The van der Waals surface area contributed by atoms with Crippen LogP contribution in [0, 0.1) is 6.92 Å². The number of unbranched alkanes of at least 4 members (excludes halogenated alkanes) is 1. The van der Waals surface area contributed by atoms with Gasteiger partial charge >= 0.3 is 0 Å². The van der Waals surface area contributed by atoms with E-state index in [4.69, 9.17) is 4.52 Å². The van der Waals surface area contributed by atoms with Gasteiger partial charge in [0.15, 0.2) is 5.82 Å². The molecular formula is C19H28N4O. The van der Waals surface area contributed by atoms with Crippen LogP contribution in [-0.2, 0) is 19.5 Å². The number of piperazine rings is 1. The third kappa shape index (κ3) is 4.65. The minimum atomic E-state index is 0.758. The number of hydrogen-bond acceptors (Lipinski definition) is 5. The maximum absolute atomic E-state index is 5.39. The molecule has 1 fully saturated rings. The highest BCUT2D eigenvalue weighted by molar-refractivity contribution is 5.25. The average molecular weight is 328 g/mol. The van der Waals surface area contributed by atoms with E-state index in [9.17, 15) is 0 Å². The molecule has 5 heteroatoms. The van der Waals surface area contributed by atoms with Crippen molar-refractivity contribution in [2.75, 3.05) is 26.2 Å². The molecule has 5 nitrogen and oxygen atoms in total. The Morgan fingerprint density at radius 3 is 2.46 bits per heavy atom. The fourth-order valence-corrected chi connectivity index (χ4v) is 3.12. The molecule has 2 heterocycles. The average Bonchev–Trinajstić information content (AvgIpc) is 3.04. The monoisotopic (exact) mass is 328 g/mol. The minimum Gasteiger partial charge on any atom is -0.338 e. The van der Waals surface area contributed by atoms with Gasteiger partial charge in [0, 0.05) is 39.1 Å². The van der Waals surface area contributed by atoms with Crippen molar-refractivity contribution in [3.63, 3.8) is 0 Å². The molecular weight excluding hydrogens is 300 g/mol. The van der Waals surface area contributed by atoms with Gasteiger partial charge in [-0.05, 0) is 24.5 Å². The molecule has 0 aliphatic carbocycles. The highest BCUT2D eigenvalue weighted by Crippen LogP contribution is 2.14. The third-order valence-corrected chi connectivity index (χ3v) is 4.74. The Labute approximate surface area is 144 Å². The number of nitrogens with zero attached hydrogens (tertiary/aromatic N) is 4. The Hall–Kier alpha value is -1.72. The number of benzene rings is 1. The van der Waals surface area contributed by atoms with Crippen LogP contribution in [-0.4, -0.2) is 46.1 Å². The normalized spacial score (nSPS) is 16.6. The zero-order valence-electron chi connectivity index (χ0n) is 14.9. The second-order valence-electron chi connectivity index (χ2n) is 6.69. The SMILES string of the molecule is CCCCc1noc(CN2CCN(Cc3ccccc3C)CC2)n1. The molecule has 0 saturated carbocycles. The van der Waals surface area contributed by atoms with E-state index >= 15 is 0 Å². The Morgan fingerprint density at radius 1 is 1.04 bits per heavy atom. The first-order valence-electron chi connectivity index (χ1n) is 9.05. The summed E-state index contributed by atoms with van der Waals surface area (Å²) in [6.45, 7) is 10.5. The van der Waals surface area contributed by atoms with Crippen molar-refractivity contribution < 1.29 is 4.52 Å². The van der Waals surface area contributed by atoms with Gasteiger partial charge in [-0.1, -0.05) is 42.8 Å². The van der Waals surface area contributed by atoms with Crippen molar-refractivity contribution in [2.24, 2.45) is 0 Å². The summed E-state index contributed by atoms with van der Waals surface area (Å²) in [5.74, 6) is 1.61. The summed E-state index contributed by atoms with van der Waals surface area (Å²) in [5.41, 5.74) is 2.81. The predicted molar refractivity (Wildman–Crippen MR) is 94.6 cm³/mol. The van der Waals surface area contributed by atoms with Gasteiger partial charge in [-0.15, -0.1) is 0 Å². The molecule has 1 aliphatic rings. The van der Waals surface area contributed by atoms with Gasteiger partial charge in [0.25, 0.3) is 0 Å². The molecule has 0 unspecified atom stereocenters. The lowest BCUT2D eigenvalue weighted by Crippen LogP contribution is -2.45. The molecule has 0 spiro atoms. The Morgan fingerprint density at radius 2 is 1.75 bits per heavy atom. The van der Waals surface area contributed by atoms with Crippen LogP contribution in [0.5, 0.6) is 0 Å². The van der Waals surface area contributed by atoms with E-state index in [1.807, 2.05) is 0 Å². The van der Waals surface area contributed by atoms with E-state index in [-0.39, 0.29) is 0 Å². The van der Waals surface area contributed by atoms with Crippen molar-refractivity contribution in [3.05, 3.63) is 47.1 Å². The summed E-state index contributed by atoms with van der Waals surface area (Å²) in [5, 5.41) is 4.08. The summed E-state index contributed by atoms with van der Waals surface area (Å²) in [4.78, 5) is 9.44. The van der Waals surface area contributed by atoms with Crippen molar-refractivity contribution in [3.8, 4) is 0 Å². The first-order valence-corrected chi connectivity index (χ1v) is 9.05. The maximum atomic E-state index is 5.39. The van der Waals surface area contributed by atoms with Crippen LogP contribution in [0.4, 0.5) is 0 Å². The van der Waals surface area contributed by atoms with Crippen molar-refractivity contribution in [1.82, 2.24) is 19.9 Å². The van der Waals surface area contributed by atoms with Gasteiger partial charge in [-0.25, -0.2) is 0 Å². The quantitative estimate of drug-likeness (QED) is 0.782. The summed E-state index contributed by atoms with van der Waals surface area (Å²) in [7, 11) is 0. The zero-order chi connectivity index (χ0) is 16.8. The topological polar surface area (TPSA) is 45.4 Å². The van der Waals surface area contributed by atoms with E-state index in [2.05, 4.69) is 58.1 Å². The van der Waals surface area contributed by atoms with E-state index in [0.29, 0.717) is 0 Å². The molecule has 0 atom stereocenters. The van der Waals surface area contributed by atoms with Crippen LogP contribution < -0.4 is 0 Å². The minimum absolute atomic E-state index is 0.758. The van der Waals surface area contributed by atoms with Crippen molar-refractivity contribution in [2.45, 2.75) is 46.2 Å². The molecule has 0 amide bonds. The second kappa shape index (κ2) is 8.40. The van der Waals surface area contributed by atoms with Crippen LogP contribution in [0.2, 0.25) is 0 Å². The van der Waals surface area contributed by atoms with Crippen LogP contribution in [0.3, 0.4) is 0 Å². The smallest absolute Gasteiger partial charge is 0.240 e. The van der Waals surface area contributed by atoms with Crippen LogP contribution in [0.1, 0.15) is 42.6 Å². The summed E-state index contributed by atoms with van der Waals surface area (Å²) < 4.78 is 5.39. The third-order valence-electron chi connectivity index (χ3n) is 4.74. The molecule has 1 aliphatic heterocycles. The summed E-state index contributed by atoms with van der Waals surface area (Å²) in [6.07, 6.45) is 3.20. The molecule has 1 saturated heterocycles. The first kappa shape index (κ1) is 17.1. The lowest BCUT2D eigenvalue weighted by molar-refractivity contribution is 0.112. The molecule has 0 bridgehead atoms. The van der Waals surface area contributed by atoms with Crippen LogP contribution in [0.15, 0.2) is 28.8 Å². The van der Waals surface area contributed by atoms with Gasteiger partial charge in [-0.3, -0.25) is 9.80 Å². The van der Waals surface area contributed by atoms with E-state index in [0.717, 1.165) is 70.2 Å². The van der Waals surface area contributed by atoms with E-state index in [1.54, 1.807) is 0 Å². The molecule has 0 radical (unpaired) electrons. The van der Waals surface area contributed by atoms with Crippen LogP contribution >= 0.6 is 0 Å². The molecule has 3 rings (SSSR count). The Balaban J connectivity index is 1.45. The fourth-order valence-electron chi connectivity index (χ4n) is 3.12. The standard InChI is InChI=1S/C19H28N4O/c1-3-4-9-18-20-19(24-21-18)15-23-12-10-22(11-13-23)14-17-8-6-5-7-16(17)2/h5-8H,3-4,9-15H2,1-2H3. The fraction of sp³-hybridized carbons (Fsp3) is 0.579.